The molecule has 0 amide bonds. The zero-order valence-corrected chi connectivity index (χ0v) is 13.1. The molecule has 112 valence electrons. The number of aliphatic hydroxyl groups excluding tert-OH is 1. The maximum Gasteiger partial charge on any atom is 0.0719 e. The summed E-state index contributed by atoms with van der Waals surface area (Å²) >= 11 is 0. The highest BCUT2D eigenvalue weighted by Gasteiger charge is 2.25. The van der Waals surface area contributed by atoms with Crippen LogP contribution in [0.2, 0.25) is 0 Å². The average Bonchev–Trinajstić information content (AvgIpc) is 2.99. The van der Waals surface area contributed by atoms with E-state index in [-0.39, 0.29) is 6.61 Å². The van der Waals surface area contributed by atoms with Crippen LogP contribution in [0.4, 0.5) is 0 Å². The smallest absolute Gasteiger partial charge is 0.0719 e. The molecule has 0 aromatic carbocycles. The average molecular weight is 276 g/mol. The molecule has 0 spiro atoms. The summed E-state index contributed by atoms with van der Waals surface area (Å²) in [6, 6.07) is 0. The lowest BCUT2D eigenvalue weighted by Crippen LogP contribution is -2.29. The van der Waals surface area contributed by atoms with Crippen molar-refractivity contribution in [2.24, 2.45) is 5.92 Å². The van der Waals surface area contributed by atoms with Crippen LogP contribution in [0.15, 0.2) is 34.8 Å². The van der Waals surface area contributed by atoms with Crippen molar-refractivity contribution in [2.45, 2.75) is 46.5 Å². The molecule has 1 aliphatic carbocycles. The molecule has 1 saturated heterocycles. The van der Waals surface area contributed by atoms with E-state index in [0.29, 0.717) is 5.92 Å². The molecule has 1 atom stereocenters. The van der Waals surface area contributed by atoms with E-state index in [1.54, 1.807) is 0 Å². The molecule has 2 aliphatic rings. The van der Waals surface area contributed by atoms with E-state index in [4.69, 9.17) is 0 Å². The Kier molecular flexibility index (Phi) is 5.30. The van der Waals surface area contributed by atoms with Crippen LogP contribution in [0.3, 0.4) is 0 Å². The Morgan fingerprint density at radius 3 is 2.75 bits per heavy atom. The van der Waals surface area contributed by atoms with Gasteiger partial charge in [-0.3, -0.25) is 0 Å². The Bertz CT molecular complexity index is 428. The lowest BCUT2D eigenvalue weighted by molar-refractivity contribution is 0.313. The van der Waals surface area contributed by atoms with Gasteiger partial charge in [-0.15, -0.1) is 0 Å². The van der Waals surface area contributed by atoms with Crippen LogP contribution in [-0.2, 0) is 0 Å². The fourth-order valence-corrected chi connectivity index (χ4v) is 2.94. The van der Waals surface area contributed by atoms with E-state index in [2.05, 4.69) is 43.3 Å². The minimum atomic E-state index is 0.119. The van der Waals surface area contributed by atoms with E-state index in [1.807, 2.05) is 0 Å². The molecule has 0 aromatic heterocycles. The van der Waals surface area contributed by atoms with Crippen LogP contribution in [0.1, 0.15) is 46.5 Å². The standard InChI is InChI=1S/C17H28N2O/c1-4-13(2)11-18-17-14(3)7-8-16(15(17)12-20)19-9-5-6-10-19/h8,11,14,18,20H,4-7,9-10,12H2,1-3H3/b13-11-/t14-/m0/s1. The van der Waals surface area contributed by atoms with Crippen LogP contribution < -0.4 is 5.32 Å². The summed E-state index contributed by atoms with van der Waals surface area (Å²) < 4.78 is 0. The molecule has 0 aromatic rings. The lowest BCUT2D eigenvalue weighted by atomic mass is 9.91. The van der Waals surface area contributed by atoms with E-state index in [1.165, 1.54) is 29.8 Å². The van der Waals surface area contributed by atoms with Gasteiger partial charge in [0.25, 0.3) is 0 Å². The Morgan fingerprint density at radius 2 is 2.15 bits per heavy atom. The number of hydrogen-bond donors (Lipinski definition) is 2. The van der Waals surface area contributed by atoms with Crippen molar-refractivity contribution in [2.75, 3.05) is 19.7 Å². The summed E-state index contributed by atoms with van der Waals surface area (Å²) in [6.07, 6.45) is 9.04. The number of likely N-dealkylation sites (tertiary alicyclic amines) is 1. The van der Waals surface area contributed by atoms with E-state index >= 15 is 0 Å². The molecule has 0 unspecified atom stereocenters. The summed E-state index contributed by atoms with van der Waals surface area (Å²) in [5, 5.41) is 13.3. The monoisotopic (exact) mass is 276 g/mol. The van der Waals surface area contributed by atoms with Gasteiger partial charge >= 0.3 is 0 Å². The first-order valence-electron chi connectivity index (χ1n) is 7.89. The molecule has 1 fully saturated rings. The van der Waals surface area contributed by atoms with Crippen molar-refractivity contribution in [3.63, 3.8) is 0 Å². The summed E-state index contributed by atoms with van der Waals surface area (Å²) in [7, 11) is 0. The van der Waals surface area contributed by atoms with Gasteiger partial charge in [-0.1, -0.05) is 25.5 Å². The molecule has 1 aliphatic heterocycles. The van der Waals surface area contributed by atoms with Gasteiger partial charge in [-0.05, 0) is 38.8 Å². The third-order valence-electron chi connectivity index (χ3n) is 4.43. The van der Waals surface area contributed by atoms with Crippen molar-refractivity contribution >= 4 is 0 Å². The second-order valence-electron chi connectivity index (χ2n) is 5.96. The van der Waals surface area contributed by atoms with E-state index in [9.17, 15) is 5.11 Å². The Morgan fingerprint density at radius 1 is 1.45 bits per heavy atom. The van der Waals surface area contributed by atoms with Gasteiger partial charge in [0.05, 0.1) is 6.61 Å². The first-order chi connectivity index (χ1) is 9.67. The van der Waals surface area contributed by atoms with Crippen molar-refractivity contribution < 1.29 is 5.11 Å². The van der Waals surface area contributed by atoms with Crippen LogP contribution in [0.5, 0.6) is 0 Å². The summed E-state index contributed by atoms with van der Waals surface area (Å²) in [5.41, 5.74) is 4.88. The first-order valence-corrected chi connectivity index (χ1v) is 7.89. The SMILES string of the molecule is CC/C(C)=C\NC1=C(CO)C(N2CCCC2)=CC[C@@H]1C. The fourth-order valence-electron chi connectivity index (χ4n) is 2.94. The summed E-state index contributed by atoms with van der Waals surface area (Å²) in [4.78, 5) is 2.43. The number of rotatable bonds is 5. The van der Waals surface area contributed by atoms with Crippen molar-refractivity contribution in [1.82, 2.24) is 10.2 Å². The quantitative estimate of drug-likeness (QED) is 0.809. The van der Waals surface area contributed by atoms with Crippen molar-refractivity contribution in [3.8, 4) is 0 Å². The zero-order valence-electron chi connectivity index (χ0n) is 13.1. The molecule has 1 heterocycles. The first kappa shape index (κ1) is 15.2. The van der Waals surface area contributed by atoms with Crippen LogP contribution in [0, 0.1) is 5.92 Å². The molecule has 2 N–H and O–H groups in total. The van der Waals surface area contributed by atoms with Crippen LogP contribution >= 0.6 is 0 Å². The maximum atomic E-state index is 9.85. The molecule has 3 heteroatoms. The van der Waals surface area contributed by atoms with Gasteiger partial charge in [0.1, 0.15) is 0 Å². The highest BCUT2D eigenvalue weighted by molar-refractivity contribution is 5.39. The molecular formula is C17H28N2O. The lowest BCUT2D eigenvalue weighted by Gasteiger charge is -2.31. The minimum absolute atomic E-state index is 0.119. The molecule has 0 radical (unpaired) electrons. The molecule has 0 bridgehead atoms. The third kappa shape index (κ3) is 3.26. The molecule has 2 rings (SSSR count). The summed E-state index contributed by atoms with van der Waals surface area (Å²) in [5.74, 6) is 0.449. The van der Waals surface area contributed by atoms with Crippen molar-refractivity contribution in [1.29, 1.82) is 0 Å². The second kappa shape index (κ2) is 6.98. The largest absolute Gasteiger partial charge is 0.392 e. The van der Waals surface area contributed by atoms with Gasteiger partial charge in [0, 0.05) is 36.0 Å². The third-order valence-corrected chi connectivity index (χ3v) is 4.43. The van der Waals surface area contributed by atoms with Gasteiger partial charge in [0.2, 0.25) is 0 Å². The maximum absolute atomic E-state index is 9.85. The molecule has 0 saturated carbocycles. The Labute approximate surface area is 123 Å². The Balaban J connectivity index is 2.24. The second-order valence-corrected chi connectivity index (χ2v) is 5.96. The number of aliphatic hydroxyl groups is 1. The van der Waals surface area contributed by atoms with Gasteiger partial charge in [-0.2, -0.15) is 0 Å². The Hall–Kier alpha value is -1.22. The van der Waals surface area contributed by atoms with Crippen molar-refractivity contribution in [3.05, 3.63) is 34.8 Å². The molecular weight excluding hydrogens is 248 g/mol. The zero-order chi connectivity index (χ0) is 14.5. The number of nitrogens with zero attached hydrogens (tertiary/aromatic N) is 1. The van der Waals surface area contributed by atoms with Gasteiger partial charge in [-0.25, -0.2) is 0 Å². The predicted molar refractivity (Wildman–Crippen MR) is 84.0 cm³/mol. The minimum Gasteiger partial charge on any atom is -0.392 e. The number of nitrogens with one attached hydrogen (secondary N) is 1. The summed E-state index contributed by atoms with van der Waals surface area (Å²) in [6.45, 7) is 8.89. The highest BCUT2D eigenvalue weighted by Crippen LogP contribution is 2.32. The predicted octanol–water partition coefficient (Wildman–Crippen LogP) is 3.16. The van der Waals surface area contributed by atoms with Gasteiger partial charge < -0.3 is 15.3 Å². The topological polar surface area (TPSA) is 35.5 Å². The number of allylic oxidation sites excluding steroid dienone is 3. The molecule has 20 heavy (non-hydrogen) atoms. The number of hydrogen-bond acceptors (Lipinski definition) is 3. The molecule has 3 nitrogen and oxygen atoms in total. The van der Waals surface area contributed by atoms with Crippen LogP contribution in [0.25, 0.3) is 0 Å². The normalized spacial score (nSPS) is 24.2. The van der Waals surface area contributed by atoms with E-state index in [0.717, 1.165) is 31.5 Å². The van der Waals surface area contributed by atoms with Crippen LogP contribution in [-0.4, -0.2) is 29.7 Å². The fraction of sp³-hybridized carbons (Fsp3) is 0.647. The highest BCUT2D eigenvalue weighted by atomic mass is 16.3. The van der Waals surface area contributed by atoms with Gasteiger partial charge in [0.15, 0.2) is 0 Å². The van der Waals surface area contributed by atoms with E-state index < -0.39 is 0 Å².